The lowest BCUT2D eigenvalue weighted by Gasteiger charge is -2.23. The zero-order valence-electron chi connectivity index (χ0n) is 13.4. The maximum absolute atomic E-state index is 11.6. The maximum atomic E-state index is 11.6. The summed E-state index contributed by atoms with van der Waals surface area (Å²) in [5.41, 5.74) is 0.727. The molecule has 1 aromatic carbocycles. The molecule has 0 heterocycles. The van der Waals surface area contributed by atoms with Gasteiger partial charge in [0.2, 0.25) is 0 Å². The molecule has 1 rings (SSSR count). The van der Waals surface area contributed by atoms with Crippen LogP contribution in [0.4, 0.5) is 4.79 Å². The summed E-state index contributed by atoms with van der Waals surface area (Å²) in [6.45, 7) is 10.2. The van der Waals surface area contributed by atoms with Crippen molar-refractivity contribution in [3.63, 3.8) is 0 Å². The van der Waals surface area contributed by atoms with Crippen LogP contribution in [0.25, 0.3) is 0 Å². The molecule has 0 saturated heterocycles. The lowest BCUT2D eigenvalue weighted by molar-refractivity contribution is 0.0522. The summed E-state index contributed by atoms with van der Waals surface area (Å²) in [4.78, 5) is 11.6. The molecule has 4 nitrogen and oxygen atoms in total. The lowest BCUT2D eigenvalue weighted by atomic mass is 10.1. The SMILES string of the molecule is CC(CNC(=O)OC(C)(C)C)NC(C)c1ccccc1Br. The standard InChI is InChI=1S/C16H25BrN2O2/c1-11(10-18-15(20)21-16(3,4)5)19-12(2)13-8-6-7-9-14(13)17/h6-9,11-12,19H,10H2,1-5H3,(H,18,20). The minimum absolute atomic E-state index is 0.139. The maximum Gasteiger partial charge on any atom is 0.407 e. The quantitative estimate of drug-likeness (QED) is 0.837. The fourth-order valence-electron chi connectivity index (χ4n) is 1.95. The van der Waals surface area contributed by atoms with Crippen LogP contribution in [0.15, 0.2) is 28.7 Å². The van der Waals surface area contributed by atoms with Crippen molar-refractivity contribution < 1.29 is 9.53 Å². The second kappa shape index (κ2) is 7.80. The van der Waals surface area contributed by atoms with Gasteiger partial charge in [0.05, 0.1) is 0 Å². The number of benzene rings is 1. The van der Waals surface area contributed by atoms with Crippen molar-refractivity contribution in [2.45, 2.75) is 52.3 Å². The normalized spacial score (nSPS) is 14.4. The summed E-state index contributed by atoms with van der Waals surface area (Å²) < 4.78 is 6.29. The van der Waals surface area contributed by atoms with Crippen molar-refractivity contribution in [3.05, 3.63) is 34.3 Å². The lowest BCUT2D eigenvalue weighted by Crippen LogP contribution is -2.42. The van der Waals surface area contributed by atoms with E-state index in [0.29, 0.717) is 6.54 Å². The van der Waals surface area contributed by atoms with Gasteiger partial charge in [-0.15, -0.1) is 0 Å². The van der Waals surface area contributed by atoms with Crippen LogP contribution < -0.4 is 10.6 Å². The third-order valence-corrected chi connectivity index (χ3v) is 3.58. The van der Waals surface area contributed by atoms with Crippen molar-refractivity contribution in [1.82, 2.24) is 10.6 Å². The Morgan fingerprint density at radius 2 is 1.90 bits per heavy atom. The molecule has 0 aliphatic rings. The van der Waals surface area contributed by atoms with Gasteiger partial charge >= 0.3 is 6.09 Å². The highest BCUT2D eigenvalue weighted by atomic mass is 79.9. The van der Waals surface area contributed by atoms with Crippen LogP contribution in [-0.4, -0.2) is 24.3 Å². The fraction of sp³-hybridized carbons (Fsp3) is 0.562. The molecule has 2 atom stereocenters. The average molecular weight is 357 g/mol. The van der Waals surface area contributed by atoms with Crippen LogP contribution in [0.5, 0.6) is 0 Å². The Morgan fingerprint density at radius 1 is 1.29 bits per heavy atom. The van der Waals surface area contributed by atoms with Crippen LogP contribution in [0.1, 0.15) is 46.2 Å². The van der Waals surface area contributed by atoms with Crippen LogP contribution in [0, 0.1) is 0 Å². The van der Waals surface area contributed by atoms with Crippen molar-refractivity contribution in [2.75, 3.05) is 6.54 Å². The molecule has 0 radical (unpaired) electrons. The number of alkyl carbamates (subject to hydrolysis) is 1. The van der Waals surface area contributed by atoms with Gasteiger partial charge in [-0.25, -0.2) is 4.79 Å². The molecule has 0 fully saturated rings. The van der Waals surface area contributed by atoms with E-state index in [9.17, 15) is 4.79 Å². The molecule has 0 aromatic heterocycles. The van der Waals surface area contributed by atoms with Gasteiger partial charge in [0, 0.05) is 23.1 Å². The van der Waals surface area contributed by atoms with Gasteiger partial charge in [0.15, 0.2) is 0 Å². The van der Waals surface area contributed by atoms with Crippen LogP contribution >= 0.6 is 15.9 Å². The van der Waals surface area contributed by atoms with E-state index in [1.807, 2.05) is 45.9 Å². The van der Waals surface area contributed by atoms with Gasteiger partial charge in [-0.2, -0.15) is 0 Å². The van der Waals surface area contributed by atoms with Gasteiger partial charge in [-0.3, -0.25) is 0 Å². The first-order chi connectivity index (χ1) is 9.69. The average Bonchev–Trinajstić information content (AvgIpc) is 2.34. The summed E-state index contributed by atoms with van der Waals surface area (Å²) in [5, 5.41) is 6.23. The van der Waals surface area contributed by atoms with Crippen LogP contribution in [-0.2, 0) is 4.74 Å². The van der Waals surface area contributed by atoms with Gasteiger partial charge in [0.1, 0.15) is 5.60 Å². The van der Waals surface area contributed by atoms with E-state index in [4.69, 9.17) is 4.74 Å². The number of carbonyl (C=O) groups is 1. The predicted molar refractivity (Wildman–Crippen MR) is 89.4 cm³/mol. The molecule has 2 unspecified atom stereocenters. The molecule has 0 aliphatic carbocycles. The third-order valence-electron chi connectivity index (χ3n) is 2.86. The molecule has 1 aromatic rings. The molecule has 0 spiro atoms. The van der Waals surface area contributed by atoms with E-state index in [1.165, 1.54) is 5.56 Å². The highest BCUT2D eigenvalue weighted by Gasteiger charge is 2.17. The minimum Gasteiger partial charge on any atom is -0.444 e. The van der Waals surface area contributed by atoms with Gasteiger partial charge < -0.3 is 15.4 Å². The highest BCUT2D eigenvalue weighted by Crippen LogP contribution is 2.22. The van der Waals surface area contributed by atoms with Crippen LogP contribution in [0.2, 0.25) is 0 Å². The first-order valence-corrected chi connectivity index (χ1v) is 7.95. The number of nitrogens with one attached hydrogen (secondary N) is 2. The van der Waals surface area contributed by atoms with Crippen LogP contribution in [0.3, 0.4) is 0 Å². The first-order valence-electron chi connectivity index (χ1n) is 7.16. The molecular formula is C16H25BrN2O2. The smallest absolute Gasteiger partial charge is 0.407 e. The van der Waals surface area contributed by atoms with E-state index in [0.717, 1.165) is 4.47 Å². The molecule has 0 bridgehead atoms. The number of ether oxygens (including phenoxy) is 1. The molecule has 2 N–H and O–H groups in total. The molecule has 21 heavy (non-hydrogen) atoms. The predicted octanol–water partition coefficient (Wildman–Crippen LogP) is 4.01. The van der Waals surface area contributed by atoms with Crippen molar-refractivity contribution in [2.24, 2.45) is 0 Å². The summed E-state index contributed by atoms with van der Waals surface area (Å²) in [6.07, 6.45) is -0.385. The number of rotatable bonds is 5. The summed E-state index contributed by atoms with van der Waals surface area (Å²) >= 11 is 3.55. The zero-order valence-corrected chi connectivity index (χ0v) is 15.0. The van der Waals surface area contributed by atoms with Gasteiger partial charge in [-0.05, 0) is 46.2 Å². The fourth-order valence-corrected chi connectivity index (χ4v) is 2.58. The van der Waals surface area contributed by atoms with E-state index >= 15 is 0 Å². The Morgan fingerprint density at radius 3 is 2.48 bits per heavy atom. The number of hydrogen-bond acceptors (Lipinski definition) is 3. The monoisotopic (exact) mass is 356 g/mol. The number of carbonyl (C=O) groups excluding carboxylic acids is 1. The summed E-state index contributed by atoms with van der Waals surface area (Å²) in [6, 6.07) is 8.44. The van der Waals surface area contributed by atoms with Gasteiger partial charge in [-0.1, -0.05) is 34.1 Å². The van der Waals surface area contributed by atoms with E-state index in [-0.39, 0.29) is 18.2 Å². The number of hydrogen-bond donors (Lipinski definition) is 2. The topological polar surface area (TPSA) is 50.4 Å². The van der Waals surface area contributed by atoms with E-state index < -0.39 is 5.60 Å². The third kappa shape index (κ3) is 6.96. The molecule has 5 heteroatoms. The Labute approximate surface area is 135 Å². The second-order valence-corrected chi connectivity index (χ2v) is 7.05. The second-order valence-electron chi connectivity index (χ2n) is 6.19. The highest BCUT2D eigenvalue weighted by molar-refractivity contribution is 9.10. The first kappa shape index (κ1) is 18.0. The Balaban J connectivity index is 2.42. The Kier molecular flexibility index (Phi) is 6.68. The summed E-state index contributed by atoms with van der Waals surface area (Å²) in [7, 11) is 0. The van der Waals surface area contributed by atoms with Crippen molar-refractivity contribution in [1.29, 1.82) is 0 Å². The molecule has 118 valence electrons. The van der Waals surface area contributed by atoms with Gasteiger partial charge in [0.25, 0.3) is 0 Å². The number of amides is 1. The van der Waals surface area contributed by atoms with E-state index in [2.05, 4.69) is 39.6 Å². The Bertz CT molecular complexity index is 472. The minimum atomic E-state index is -0.469. The molecule has 0 aliphatic heterocycles. The largest absolute Gasteiger partial charge is 0.444 e. The Hall–Kier alpha value is -1.07. The summed E-state index contributed by atoms with van der Waals surface area (Å²) in [5.74, 6) is 0. The molecule has 1 amide bonds. The zero-order chi connectivity index (χ0) is 16.0. The van der Waals surface area contributed by atoms with Crippen molar-refractivity contribution >= 4 is 22.0 Å². The van der Waals surface area contributed by atoms with Crippen molar-refractivity contribution in [3.8, 4) is 0 Å². The molecular weight excluding hydrogens is 332 g/mol. The number of halogens is 1. The molecule has 0 saturated carbocycles. The van der Waals surface area contributed by atoms with E-state index in [1.54, 1.807) is 0 Å².